The van der Waals surface area contributed by atoms with Crippen LogP contribution < -0.4 is 4.74 Å². The van der Waals surface area contributed by atoms with Crippen molar-refractivity contribution in [3.63, 3.8) is 0 Å². The Labute approximate surface area is 129 Å². The van der Waals surface area contributed by atoms with Gasteiger partial charge < -0.3 is 9.84 Å². The molecule has 1 aliphatic carbocycles. The number of carbonyl (C=O) groups is 1. The van der Waals surface area contributed by atoms with E-state index in [9.17, 15) is 18.7 Å². The van der Waals surface area contributed by atoms with E-state index in [1.54, 1.807) is 6.92 Å². The van der Waals surface area contributed by atoms with Crippen LogP contribution in [0.4, 0.5) is 8.78 Å². The first-order valence-electron chi connectivity index (χ1n) is 7.84. The number of alkyl halides is 2. The number of carbonyl (C=O) groups excluding carboxylic acids is 1. The molecule has 22 heavy (non-hydrogen) atoms. The Balaban J connectivity index is 2.22. The molecule has 2 rings (SSSR count). The molecule has 0 heterocycles. The van der Waals surface area contributed by atoms with E-state index in [0.717, 1.165) is 25.7 Å². The van der Waals surface area contributed by atoms with Crippen LogP contribution in [-0.4, -0.2) is 17.5 Å². The first-order valence-corrected chi connectivity index (χ1v) is 7.84. The lowest BCUT2D eigenvalue weighted by Crippen LogP contribution is -2.13. The fraction of sp³-hybridized carbons (Fsp3) is 0.588. The quantitative estimate of drug-likeness (QED) is 0.761. The SMILES string of the molecule is CCOc1ccc(C(=O)CC2CCCCC2)c(O)c1C(F)F. The van der Waals surface area contributed by atoms with Crippen LogP contribution in [0.3, 0.4) is 0 Å². The molecule has 0 aromatic heterocycles. The number of halogens is 2. The Morgan fingerprint density at radius 3 is 2.59 bits per heavy atom. The van der Waals surface area contributed by atoms with Crippen LogP contribution in [0.5, 0.6) is 11.5 Å². The number of phenols is 1. The third-order valence-corrected chi connectivity index (χ3v) is 4.19. The van der Waals surface area contributed by atoms with Crippen LogP contribution >= 0.6 is 0 Å². The highest BCUT2D eigenvalue weighted by atomic mass is 19.3. The Morgan fingerprint density at radius 2 is 2.00 bits per heavy atom. The van der Waals surface area contributed by atoms with Crippen LogP contribution in [0.15, 0.2) is 12.1 Å². The maximum absolute atomic E-state index is 13.2. The van der Waals surface area contributed by atoms with Gasteiger partial charge in [0.05, 0.1) is 12.2 Å². The number of Topliss-reactive ketones (excluding diaryl/α,β-unsaturated/α-hetero) is 1. The molecule has 5 heteroatoms. The normalized spacial score (nSPS) is 16.0. The van der Waals surface area contributed by atoms with E-state index < -0.39 is 17.7 Å². The molecule has 1 aliphatic rings. The minimum atomic E-state index is -2.89. The topological polar surface area (TPSA) is 46.5 Å². The van der Waals surface area contributed by atoms with Crippen molar-refractivity contribution in [3.8, 4) is 11.5 Å². The molecular formula is C17H22F2O3. The van der Waals surface area contributed by atoms with Crippen molar-refractivity contribution in [2.75, 3.05) is 6.61 Å². The molecule has 0 amide bonds. The van der Waals surface area contributed by atoms with Crippen LogP contribution in [0, 0.1) is 5.92 Å². The van der Waals surface area contributed by atoms with Crippen LogP contribution in [-0.2, 0) is 0 Å². The summed E-state index contributed by atoms with van der Waals surface area (Å²) in [5, 5.41) is 10.1. The predicted octanol–water partition coefficient (Wildman–Crippen LogP) is 4.88. The minimum Gasteiger partial charge on any atom is -0.507 e. The van der Waals surface area contributed by atoms with Crippen LogP contribution in [0.25, 0.3) is 0 Å². The van der Waals surface area contributed by atoms with Gasteiger partial charge in [-0.25, -0.2) is 8.78 Å². The fourth-order valence-corrected chi connectivity index (χ4v) is 3.07. The van der Waals surface area contributed by atoms with Crippen molar-refractivity contribution in [1.82, 2.24) is 0 Å². The largest absolute Gasteiger partial charge is 0.507 e. The summed E-state index contributed by atoms with van der Waals surface area (Å²) in [5.74, 6) is -0.678. The van der Waals surface area contributed by atoms with Crippen LogP contribution in [0.2, 0.25) is 0 Å². The maximum Gasteiger partial charge on any atom is 0.271 e. The van der Waals surface area contributed by atoms with Crippen LogP contribution in [0.1, 0.15) is 67.8 Å². The lowest BCUT2D eigenvalue weighted by Gasteiger charge is -2.21. The second-order valence-electron chi connectivity index (χ2n) is 5.74. The van der Waals surface area contributed by atoms with Gasteiger partial charge in [-0.2, -0.15) is 0 Å². The zero-order chi connectivity index (χ0) is 16.1. The summed E-state index contributed by atoms with van der Waals surface area (Å²) < 4.78 is 31.4. The summed E-state index contributed by atoms with van der Waals surface area (Å²) in [5.41, 5.74) is -0.610. The number of ketones is 1. The van der Waals surface area contributed by atoms with E-state index in [4.69, 9.17) is 4.74 Å². The molecule has 0 bridgehead atoms. The van der Waals surface area contributed by atoms with Gasteiger partial charge in [0.2, 0.25) is 0 Å². The molecule has 0 saturated heterocycles. The third-order valence-electron chi connectivity index (χ3n) is 4.19. The Kier molecular flexibility index (Phi) is 5.75. The number of benzene rings is 1. The lowest BCUT2D eigenvalue weighted by atomic mass is 9.84. The number of ether oxygens (including phenoxy) is 1. The van der Waals surface area contributed by atoms with Crippen molar-refractivity contribution in [2.24, 2.45) is 5.92 Å². The molecule has 0 spiro atoms. The second kappa shape index (κ2) is 7.56. The van der Waals surface area contributed by atoms with Crippen molar-refractivity contribution < 1.29 is 23.4 Å². The highest BCUT2D eigenvalue weighted by molar-refractivity contribution is 5.99. The van der Waals surface area contributed by atoms with E-state index in [1.807, 2.05) is 0 Å². The second-order valence-corrected chi connectivity index (χ2v) is 5.74. The Bertz CT molecular complexity index is 523. The van der Waals surface area contributed by atoms with Gasteiger partial charge in [0.15, 0.2) is 5.78 Å². The first-order chi connectivity index (χ1) is 10.5. The van der Waals surface area contributed by atoms with Crippen molar-refractivity contribution >= 4 is 5.78 Å². The number of hydrogen-bond donors (Lipinski definition) is 1. The molecule has 1 fully saturated rings. The van der Waals surface area contributed by atoms with E-state index >= 15 is 0 Å². The lowest BCUT2D eigenvalue weighted by molar-refractivity contribution is 0.0946. The van der Waals surface area contributed by atoms with Gasteiger partial charge >= 0.3 is 0 Å². The highest BCUT2D eigenvalue weighted by Crippen LogP contribution is 2.40. The Morgan fingerprint density at radius 1 is 1.32 bits per heavy atom. The van der Waals surface area contributed by atoms with Gasteiger partial charge in [-0.1, -0.05) is 32.1 Å². The number of phenolic OH excluding ortho intramolecular Hbond substituents is 1. The predicted molar refractivity (Wildman–Crippen MR) is 79.8 cm³/mol. The number of aromatic hydroxyl groups is 1. The van der Waals surface area contributed by atoms with Gasteiger partial charge in [-0.05, 0) is 25.0 Å². The first kappa shape index (κ1) is 16.7. The molecule has 0 radical (unpaired) electrons. The van der Waals surface area contributed by atoms with E-state index in [1.165, 1.54) is 18.6 Å². The van der Waals surface area contributed by atoms with Gasteiger partial charge in [0, 0.05) is 6.42 Å². The molecule has 122 valence electrons. The maximum atomic E-state index is 13.2. The molecule has 1 aromatic carbocycles. The Hall–Kier alpha value is -1.65. The third kappa shape index (κ3) is 3.76. The van der Waals surface area contributed by atoms with Gasteiger partial charge in [-0.3, -0.25) is 4.79 Å². The minimum absolute atomic E-state index is 0.0238. The van der Waals surface area contributed by atoms with E-state index in [0.29, 0.717) is 12.3 Å². The van der Waals surface area contributed by atoms with Gasteiger partial charge in [-0.15, -0.1) is 0 Å². The summed E-state index contributed by atoms with van der Waals surface area (Å²) in [6, 6.07) is 2.73. The average molecular weight is 312 g/mol. The molecule has 0 unspecified atom stereocenters. The molecule has 0 aliphatic heterocycles. The zero-order valence-corrected chi connectivity index (χ0v) is 12.8. The molecule has 3 nitrogen and oxygen atoms in total. The number of hydrogen-bond acceptors (Lipinski definition) is 3. The summed E-state index contributed by atoms with van der Waals surface area (Å²) in [4.78, 5) is 12.3. The summed E-state index contributed by atoms with van der Waals surface area (Å²) in [6.45, 7) is 1.89. The molecule has 1 saturated carbocycles. The molecule has 1 N–H and O–H groups in total. The highest BCUT2D eigenvalue weighted by Gasteiger charge is 2.26. The monoisotopic (exact) mass is 312 g/mol. The molecule has 1 aromatic rings. The van der Waals surface area contributed by atoms with Crippen molar-refractivity contribution in [2.45, 2.75) is 51.9 Å². The molecular weight excluding hydrogens is 290 g/mol. The van der Waals surface area contributed by atoms with E-state index in [2.05, 4.69) is 0 Å². The van der Waals surface area contributed by atoms with E-state index in [-0.39, 0.29) is 23.7 Å². The smallest absolute Gasteiger partial charge is 0.271 e. The number of rotatable bonds is 6. The van der Waals surface area contributed by atoms with Crippen molar-refractivity contribution in [1.29, 1.82) is 0 Å². The standard InChI is InChI=1S/C17H22F2O3/c1-2-22-14-9-8-12(16(21)15(14)17(18)19)13(20)10-11-6-4-3-5-7-11/h8-9,11,17,21H,2-7,10H2,1H3. The summed E-state index contributed by atoms with van der Waals surface area (Å²) in [7, 11) is 0. The summed E-state index contributed by atoms with van der Waals surface area (Å²) >= 11 is 0. The fourth-order valence-electron chi connectivity index (χ4n) is 3.07. The van der Waals surface area contributed by atoms with Gasteiger partial charge in [0.1, 0.15) is 17.1 Å². The average Bonchev–Trinajstić information content (AvgIpc) is 2.48. The summed E-state index contributed by atoms with van der Waals surface area (Å²) in [6.07, 6.45) is 2.81. The zero-order valence-electron chi connectivity index (χ0n) is 12.8. The van der Waals surface area contributed by atoms with Crippen molar-refractivity contribution in [3.05, 3.63) is 23.3 Å². The molecule has 0 atom stereocenters. The van der Waals surface area contributed by atoms with Gasteiger partial charge in [0.25, 0.3) is 6.43 Å².